The number of nitrogens with zero attached hydrogens (tertiary/aromatic N) is 5. The molecule has 130 valence electrons. The van der Waals surface area contributed by atoms with Crippen LogP contribution in [0.5, 0.6) is 0 Å². The van der Waals surface area contributed by atoms with Gasteiger partial charge in [-0.3, -0.25) is 9.59 Å². The molecule has 1 saturated carbocycles. The number of hydrogen-bond acceptors (Lipinski definition) is 6. The van der Waals surface area contributed by atoms with Crippen molar-refractivity contribution in [1.82, 2.24) is 29.9 Å². The summed E-state index contributed by atoms with van der Waals surface area (Å²) in [6.07, 6.45) is 5.81. The van der Waals surface area contributed by atoms with Crippen molar-refractivity contribution in [2.24, 2.45) is 0 Å². The minimum atomic E-state index is -0.354. The van der Waals surface area contributed by atoms with Crippen LogP contribution in [0.25, 0.3) is 0 Å². The molecular weight excluding hydrogens is 324 g/mol. The predicted molar refractivity (Wildman–Crippen MR) is 85.0 cm³/mol. The molecule has 2 atom stereocenters. The molecule has 1 N–H and O–H groups in total. The van der Waals surface area contributed by atoms with Gasteiger partial charge in [0.25, 0.3) is 11.5 Å². The van der Waals surface area contributed by atoms with Gasteiger partial charge in [-0.05, 0) is 19.3 Å². The lowest BCUT2D eigenvalue weighted by molar-refractivity contribution is -0.0628. The van der Waals surface area contributed by atoms with Crippen LogP contribution in [0.4, 0.5) is 0 Å². The molecule has 9 nitrogen and oxygen atoms in total. The Morgan fingerprint density at radius 1 is 1.28 bits per heavy atom. The molecule has 2 aromatic heterocycles. The highest BCUT2D eigenvalue weighted by Gasteiger charge is 2.38. The number of piperidine rings is 1. The van der Waals surface area contributed by atoms with Gasteiger partial charge in [0.1, 0.15) is 11.4 Å². The van der Waals surface area contributed by atoms with Crippen molar-refractivity contribution in [3.8, 4) is 0 Å². The number of nitrogens with one attached hydrogen (secondary N) is 1. The third-order valence-corrected chi connectivity index (χ3v) is 5.23. The zero-order valence-electron chi connectivity index (χ0n) is 13.6. The molecule has 0 spiro atoms. The zero-order valence-corrected chi connectivity index (χ0v) is 13.6. The Kier molecular flexibility index (Phi) is 3.24. The van der Waals surface area contributed by atoms with Crippen LogP contribution in [0, 0.1) is 0 Å². The Hall–Kier alpha value is -2.55. The Labute approximate surface area is 143 Å². The fourth-order valence-corrected chi connectivity index (χ4v) is 3.67. The first-order valence-electron chi connectivity index (χ1n) is 8.60. The van der Waals surface area contributed by atoms with E-state index >= 15 is 0 Å². The van der Waals surface area contributed by atoms with E-state index in [1.54, 1.807) is 11.1 Å². The molecule has 2 aromatic rings. The maximum absolute atomic E-state index is 12.8. The molecule has 9 heteroatoms. The summed E-state index contributed by atoms with van der Waals surface area (Å²) in [7, 11) is 0. The number of carbonyl (C=O) groups is 1. The van der Waals surface area contributed by atoms with Gasteiger partial charge in [-0.1, -0.05) is 5.21 Å². The minimum absolute atomic E-state index is 0.0870. The van der Waals surface area contributed by atoms with E-state index in [1.165, 1.54) is 6.20 Å². The molecule has 1 aliphatic carbocycles. The molecule has 1 amide bonds. The monoisotopic (exact) mass is 342 g/mol. The second-order valence-corrected chi connectivity index (χ2v) is 6.91. The van der Waals surface area contributed by atoms with Gasteiger partial charge in [-0.15, -0.1) is 5.10 Å². The molecule has 1 saturated heterocycles. The highest BCUT2D eigenvalue weighted by molar-refractivity contribution is 5.93. The third kappa shape index (κ3) is 2.46. The van der Waals surface area contributed by atoms with Crippen molar-refractivity contribution in [3.63, 3.8) is 0 Å². The maximum atomic E-state index is 12.8. The van der Waals surface area contributed by atoms with Gasteiger partial charge in [0.2, 0.25) is 0 Å². The lowest BCUT2D eigenvalue weighted by Crippen LogP contribution is -2.51. The first kappa shape index (κ1) is 14.8. The lowest BCUT2D eigenvalue weighted by atomic mass is 9.99. The number of likely N-dealkylation sites (tertiary alicyclic amines) is 1. The molecule has 25 heavy (non-hydrogen) atoms. The summed E-state index contributed by atoms with van der Waals surface area (Å²) in [6, 6.07) is 0.0870. The number of carbonyl (C=O) groups excluding carboxylic acids is 1. The normalized spacial score (nSPS) is 25.4. The summed E-state index contributed by atoms with van der Waals surface area (Å²) in [5.41, 5.74) is 0.699. The topological polar surface area (TPSA) is 106 Å². The average Bonchev–Trinajstić information content (AvgIpc) is 3.37. The van der Waals surface area contributed by atoms with Gasteiger partial charge in [-0.25, -0.2) is 9.67 Å². The molecule has 5 rings (SSSR count). The second-order valence-electron chi connectivity index (χ2n) is 6.91. The number of hydrogen-bond donors (Lipinski definition) is 1. The van der Waals surface area contributed by atoms with E-state index < -0.39 is 0 Å². The second kappa shape index (κ2) is 5.48. The number of fused-ring (bicyclic) bond motifs is 3. The molecule has 2 fully saturated rings. The van der Waals surface area contributed by atoms with Crippen molar-refractivity contribution < 1.29 is 9.53 Å². The van der Waals surface area contributed by atoms with Gasteiger partial charge in [-0.2, -0.15) is 0 Å². The van der Waals surface area contributed by atoms with E-state index in [-0.39, 0.29) is 29.2 Å². The fraction of sp³-hybridized carbons (Fsp3) is 0.562. The van der Waals surface area contributed by atoms with Crippen LogP contribution in [0.2, 0.25) is 0 Å². The molecule has 3 aliphatic rings. The molecule has 4 heterocycles. The van der Waals surface area contributed by atoms with Gasteiger partial charge in [0.15, 0.2) is 0 Å². The Balaban J connectivity index is 1.35. The molecule has 0 radical (unpaired) electrons. The third-order valence-electron chi connectivity index (χ3n) is 5.23. The standard InChI is InChI=1S/C16H18N6O3/c23-15-11(6-17-14(19-15)9-1-2-9)16(24)21-4-3-12-13(7-21)25-8-10-5-18-20-22(10)12/h5-6,9,12-13H,1-4,7-8H2,(H,17,19,23)/t12-,13-/m0/s1. The average molecular weight is 342 g/mol. The quantitative estimate of drug-likeness (QED) is 0.837. The van der Waals surface area contributed by atoms with E-state index in [0.717, 1.165) is 25.0 Å². The van der Waals surface area contributed by atoms with Crippen molar-refractivity contribution in [2.45, 2.75) is 43.9 Å². The van der Waals surface area contributed by atoms with Crippen LogP contribution >= 0.6 is 0 Å². The van der Waals surface area contributed by atoms with Crippen molar-refractivity contribution in [1.29, 1.82) is 0 Å². The number of ether oxygens (including phenoxy) is 1. The van der Waals surface area contributed by atoms with Crippen LogP contribution in [-0.2, 0) is 11.3 Å². The molecule has 0 bridgehead atoms. The Morgan fingerprint density at radius 3 is 2.96 bits per heavy atom. The molecule has 0 unspecified atom stereocenters. The largest absolute Gasteiger partial charge is 0.368 e. The Bertz CT molecular complexity index is 886. The maximum Gasteiger partial charge on any atom is 0.263 e. The van der Waals surface area contributed by atoms with Crippen LogP contribution in [0.15, 0.2) is 17.2 Å². The summed E-state index contributed by atoms with van der Waals surface area (Å²) >= 11 is 0. The number of aromatic amines is 1. The van der Waals surface area contributed by atoms with Crippen LogP contribution in [-0.4, -0.2) is 55.0 Å². The summed E-state index contributed by atoms with van der Waals surface area (Å²) in [4.78, 5) is 33.7. The first-order valence-corrected chi connectivity index (χ1v) is 8.60. The number of H-pyrrole nitrogens is 1. The first-order chi connectivity index (χ1) is 12.2. The number of rotatable bonds is 2. The SMILES string of the molecule is O=C(c1cnc(C2CC2)[nH]c1=O)N1CC[C@H]2[C@H](C1)OCc1cnnn12. The van der Waals surface area contributed by atoms with Crippen LogP contribution in [0.1, 0.15) is 53.1 Å². The van der Waals surface area contributed by atoms with E-state index in [0.29, 0.717) is 31.4 Å². The van der Waals surface area contributed by atoms with Crippen LogP contribution < -0.4 is 5.56 Å². The van der Waals surface area contributed by atoms with Crippen molar-refractivity contribution in [2.75, 3.05) is 13.1 Å². The van der Waals surface area contributed by atoms with Gasteiger partial charge in [0.05, 0.1) is 30.6 Å². The minimum Gasteiger partial charge on any atom is -0.368 e. The van der Waals surface area contributed by atoms with Crippen LogP contribution in [0.3, 0.4) is 0 Å². The van der Waals surface area contributed by atoms with E-state index in [9.17, 15) is 9.59 Å². The highest BCUT2D eigenvalue weighted by Crippen LogP contribution is 2.37. The van der Waals surface area contributed by atoms with Crippen molar-refractivity contribution >= 4 is 5.91 Å². The van der Waals surface area contributed by atoms with Gasteiger partial charge < -0.3 is 14.6 Å². The lowest BCUT2D eigenvalue weighted by Gasteiger charge is -2.40. The Morgan fingerprint density at radius 2 is 2.16 bits per heavy atom. The summed E-state index contributed by atoms with van der Waals surface area (Å²) in [5, 5.41) is 8.07. The smallest absolute Gasteiger partial charge is 0.263 e. The predicted octanol–water partition coefficient (Wildman–Crippen LogP) is 0.225. The zero-order chi connectivity index (χ0) is 17.0. The van der Waals surface area contributed by atoms with Crippen molar-refractivity contribution in [3.05, 3.63) is 39.8 Å². The molecule has 0 aromatic carbocycles. The number of aromatic nitrogens is 5. The summed E-state index contributed by atoms with van der Waals surface area (Å²) < 4.78 is 7.77. The molecule has 2 aliphatic heterocycles. The summed E-state index contributed by atoms with van der Waals surface area (Å²) in [5.74, 6) is 0.747. The fourth-order valence-electron chi connectivity index (χ4n) is 3.67. The molecular formula is C16H18N6O3. The van der Waals surface area contributed by atoms with E-state index in [2.05, 4.69) is 20.3 Å². The highest BCUT2D eigenvalue weighted by atomic mass is 16.5. The van der Waals surface area contributed by atoms with E-state index in [1.807, 2.05) is 4.68 Å². The van der Waals surface area contributed by atoms with Gasteiger partial charge in [0, 0.05) is 25.2 Å². The summed E-state index contributed by atoms with van der Waals surface area (Å²) in [6.45, 7) is 1.42. The number of amides is 1. The van der Waals surface area contributed by atoms with E-state index in [4.69, 9.17) is 4.74 Å². The van der Waals surface area contributed by atoms with Gasteiger partial charge >= 0.3 is 0 Å².